The molecule has 0 aliphatic heterocycles. The second-order valence-electron chi connectivity index (χ2n) is 6.72. The number of phenolic OH excluding ortho intramolecular Hbond substituents is 1. The molecule has 0 amide bonds. The fourth-order valence-electron chi connectivity index (χ4n) is 2.88. The van der Waals surface area contributed by atoms with Crippen LogP contribution in [0.1, 0.15) is 11.1 Å². The van der Waals surface area contributed by atoms with E-state index < -0.39 is 0 Å². The Morgan fingerprint density at radius 3 is 2.25 bits per heavy atom. The van der Waals surface area contributed by atoms with Crippen LogP contribution in [0.25, 0.3) is 10.8 Å². The highest BCUT2D eigenvalue weighted by Crippen LogP contribution is 2.25. The molecular formula is C24H25N3O. The van der Waals surface area contributed by atoms with Gasteiger partial charge < -0.3 is 21.9 Å². The predicted octanol–water partition coefficient (Wildman–Crippen LogP) is 5.32. The van der Waals surface area contributed by atoms with Gasteiger partial charge in [-0.05, 0) is 72.0 Å². The van der Waals surface area contributed by atoms with Crippen molar-refractivity contribution in [1.29, 1.82) is 0 Å². The summed E-state index contributed by atoms with van der Waals surface area (Å²) in [6.45, 7) is 2.91. The summed E-state index contributed by atoms with van der Waals surface area (Å²) in [5.74, 6) is 0.299. The van der Waals surface area contributed by atoms with Gasteiger partial charge in [0.1, 0.15) is 5.75 Å². The third kappa shape index (κ3) is 5.17. The minimum atomic E-state index is 0.299. The molecule has 0 radical (unpaired) electrons. The third-order valence-electron chi connectivity index (χ3n) is 4.38. The molecule has 0 saturated heterocycles. The average molecular weight is 371 g/mol. The lowest BCUT2D eigenvalue weighted by atomic mass is 10.1. The highest BCUT2D eigenvalue weighted by Gasteiger charge is 1.97. The molecule has 0 unspecified atom stereocenters. The van der Waals surface area contributed by atoms with Gasteiger partial charge in [0, 0.05) is 29.0 Å². The number of benzene rings is 4. The van der Waals surface area contributed by atoms with E-state index in [4.69, 9.17) is 11.5 Å². The van der Waals surface area contributed by atoms with Crippen molar-refractivity contribution in [3.8, 4) is 5.75 Å². The molecule has 4 aromatic rings. The monoisotopic (exact) mass is 371 g/mol. The van der Waals surface area contributed by atoms with E-state index in [2.05, 4.69) is 36.5 Å². The molecule has 4 nitrogen and oxygen atoms in total. The molecule has 4 rings (SSSR count). The molecular weight excluding hydrogens is 346 g/mol. The summed E-state index contributed by atoms with van der Waals surface area (Å²) in [6, 6.07) is 27.1. The Bertz CT molecular complexity index is 1060. The standard InChI is InChI=1S/C14H16N2.C10H9NO/c1-11-3-2-4-14(9-11)16-10-12-5-7-13(15)8-6-12;11-8-4-5-9-7(6-8)2-1-3-10(9)12/h2-9,16H,10,15H2,1H3;1-6,12H,11H2. The second-order valence-corrected chi connectivity index (χ2v) is 6.72. The molecule has 0 atom stereocenters. The molecule has 142 valence electrons. The summed E-state index contributed by atoms with van der Waals surface area (Å²) in [6.07, 6.45) is 0. The highest BCUT2D eigenvalue weighted by molar-refractivity contribution is 5.90. The minimum absolute atomic E-state index is 0.299. The smallest absolute Gasteiger partial charge is 0.123 e. The fourth-order valence-corrected chi connectivity index (χ4v) is 2.88. The van der Waals surface area contributed by atoms with Crippen LogP contribution in [0, 0.1) is 6.92 Å². The number of aryl methyl sites for hydroxylation is 1. The van der Waals surface area contributed by atoms with Crippen molar-refractivity contribution in [1.82, 2.24) is 0 Å². The Morgan fingerprint density at radius 1 is 0.786 bits per heavy atom. The maximum Gasteiger partial charge on any atom is 0.123 e. The number of aromatic hydroxyl groups is 1. The highest BCUT2D eigenvalue weighted by atomic mass is 16.3. The number of hydrogen-bond donors (Lipinski definition) is 4. The first-order chi connectivity index (χ1) is 13.5. The van der Waals surface area contributed by atoms with Crippen molar-refractivity contribution in [3.05, 3.63) is 96.1 Å². The maximum absolute atomic E-state index is 9.42. The lowest BCUT2D eigenvalue weighted by Crippen LogP contribution is -1.99. The summed E-state index contributed by atoms with van der Waals surface area (Å²) in [5, 5.41) is 14.6. The van der Waals surface area contributed by atoms with Gasteiger partial charge >= 0.3 is 0 Å². The molecule has 28 heavy (non-hydrogen) atoms. The van der Waals surface area contributed by atoms with E-state index in [0.29, 0.717) is 11.4 Å². The zero-order valence-electron chi connectivity index (χ0n) is 15.9. The largest absolute Gasteiger partial charge is 0.507 e. The van der Waals surface area contributed by atoms with Gasteiger partial charge in [0.25, 0.3) is 0 Å². The van der Waals surface area contributed by atoms with Gasteiger partial charge in [0.05, 0.1) is 0 Å². The number of nitrogens with one attached hydrogen (secondary N) is 1. The molecule has 0 fully saturated rings. The van der Waals surface area contributed by atoms with E-state index in [-0.39, 0.29) is 0 Å². The van der Waals surface area contributed by atoms with Gasteiger partial charge in [-0.2, -0.15) is 0 Å². The fraction of sp³-hybridized carbons (Fsp3) is 0.0833. The lowest BCUT2D eigenvalue weighted by Gasteiger charge is -2.07. The Labute approximate surface area is 165 Å². The van der Waals surface area contributed by atoms with Crippen molar-refractivity contribution in [2.24, 2.45) is 0 Å². The van der Waals surface area contributed by atoms with E-state index >= 15 is 0 Å². The Balaban J connectivity index is 0.000000167. The van der Waals surface area contributed by atoms with Crippen LogP contribution >= 0.6 is 0 Å². The molecule has 6 N–H and O–H groups in total. The normalized spacial score (nSPS) is 10.2. The molecule has 0 saturated carbocycles. The van der Waals surface area contributed by atoms with Crippen LogP contribution < -0.4 is 16.8 Å². The molecule has 0 bridgehead atoms. The summed E-state index contributed by atoms with van der Waals surface area (Å²) in [5.41, 5.74) is 16.4. The number of hydrogen-bond acceptors (Lipinski definition) is 4. The number of rotatable bonds is 3. The lowest BCUT2D eigenvalue weighted by molar-refractivity contribution is 0.481. The van der Waals surface area contributed by atoms with Crippen molar-refractivity contribution >= 4 is 27.8 Å². The van der Waals surface area contributed by atoms with Gasteiger partial charge in [-0.15, -0.1) is 0 Å². The predicted molar refractivity (Wildman–Crippen MR) is 119 cm³/mol. The van der Waals surface area contributed by atoms with E-state index in [1.54, 1.807) is 18.2 Å². The van der Waals surface area contributed by atoms with Gasteiger partial charge in [0.15, 0.2) is 0 Å². The van der Waals surface area contributed by atoms with Crippen LogP contribution in [0.15, 0.2) is 84.9 Å². The van der Waals surface area contributed by atoms with Crippen molar-refractivity contribution in [2.75, 3.05) is 16.8 Å². The van der Waals surface area contributed by atoms with Crippen LogP contribution in [0.5, 0.6) is 5.75 Å². The molecule has 0 spiro atoms. The first-order valence-corrected chi connectivity index (χ1v) is 9.13. The second kappa shape index (κ2) is 8.82. The van der Waals surface area contributed by atoms with Crippen molar-refractivity contribution < 1.29 is 5.11 Å². The quantitative estimate of drug-likeness (QED) is 0.367. The van der Waals surface area contributed by atoms with Crippen molar-refractivity contribution in [3.63, 3.8) is 0 Å². The van der Waals surface area contributed by atoms with Gasteiger partial charge in [-0.1, -0.05) is 36.4 Å². The minimum Gasteiger partial charge on any atom is -0.507 e. The molecule has 0 heterocycles. The van der Waals surface area contributed by atoms with Gasteiger partial charge in [-0.25, -0.2) is 0 Å². The SMILES string of the molecule is Cc1cccc(NCc2ccc(N)cc2)c1.Nc1ccc2c(O)cccc2c1. The Kier molecular flexibility index (Phi) is 6.02. The van der Waals surface area contributed by atoms with Gasteiger partial charge in [0.2, 0.25) is 0 Å². The average Bonchev–Trinajstić information content (AvgIpc) is 2.68. The molecule has 0 aliphatic rings. The van der Waals surface area contributed by atoms with Crippen LogP contribution in [0.3, 0.4) is 0 Å². The van der Waals surface area contributed by atoms with Crippen LogP contribution in [0.4, 0.5) is 17.1 Å². The Morgan fingerprint density at radius 2 is 1.50 bits per heavy atom. The first-order valence-electron chi connectivity index (χ1n) is 9.13. The van der Waals surface area contributed by atoms with E-state index in [9.17, 15) is 5.11 Å². The first kappa shape index (κ1) is 19.1. The van der Waals surface area contributed by atoms with Crippen LogP contribution in [-0.4, -0.2) is 5.11 Å². The molecule has 4 aromatic carbocycles. The topological polar surface area (TPSA) is 84.3 Å². The summed E-state index contributed by atoms with van der Waals surface area (Å²) in [7, 11) is 0. The van der Waals surface area contributed by atoms with E-state index in [1.165, 1.54) is 11.1 Å². The van der Waals surface area contributed by atoms with Crippen LogP contribution in [-0.2, 0) is 6.54 Å². The third-order valence-corrected chi connectivity index (χ3v) is 4.38. The number of nitrogens with two attached hydrogens (primary N) is 2. The summed E-state index contributed by atoms with van der Waals surface area (Å²) >= 11 is 0. The Hall–Kier alpha value is -3.66. The van der Waals surface area contributed by atoms with Crippen LogP contribution in [0.2, 0.25) is 0 Å². The maximum atomic E-state index is 9.42. The van der Waals surface area contributed by atoms with Crippen molar-refractivity contribution in [2.45, 2.75) is 13.5 Å². The number of phenols is 1. The van der Waals surface area contributed by atoms with E-state index in [1.807, 2.05) is 42.5 Å². The number of fused-ring (bicyclic) bond motifs is 1. The summed E-state index contributed by atoms with van der Waals surface area (Å²) in [4.78, 5) is 0. The van der Waals surface area contributed by atoms with Gasteiger partial charge in [-0.3, -0.25) is 0 Å². The molecule has 0 aromatic heterocycles. The summed E-state index contributed by atoms with van der Waals surface area (Å²) < 4.78 is 0. The zero-order valence-corrected chi connectivity index (χ0v) is 15.9. The number of nitrogen functional groups attached to an aromatic ring is 2. The number of anilines is 3. The van der Waals surface area contributed by atoms with E-state index in [0.717, 1.165) is 28.7 Å². The zero-order chi connectivity index (χ0) is 19.9. The molecule has 4 heteroatoms. The molecule has 0 aliphatic carbocycles.